The highest BCUT2D eigenvalue weighted by molar-refractivity contribution is 7.99. The average Bonchev–Trinajstić information content (AvgIpc) is 3.11. The summed E-state index contributed by atoms with van der Waals surface area (Å²) >= 11 is 1.34. The molecule has 1 amide bonds. The molecule has 1 aliphatic rings. The number of nitrogens with zero attached hydrogens (tertiary/aromatic N) is 2. The van der Waals surface area contributed by atoms with Gasteiger partial charge in [-0.25, -0.2) is 4.98 Å². The number of hydrogen-bond acceptors (Lipinski definition) is 5. The second kappa shape index (κ2) is 9.26. The lowest BCUT2D eigenvalue weighted by Gasteiger charge is -2.34. The smallest absolute Gasteiger partial charge is 0.230 e. The normalized spacial score (nSPS) is 22.4. The Morgan fingerprint density at radius 1 is 1.30 bits per heavy atom. The standard InChI is InChI=1S/C20H28N4O2S/c1-13-7-9-16(10-8-13)26-11-18-22-20(24-23-18)27-12-19(25)21-17-6-4-5-14(2)15(17)3/h7-10,14-15,17H,4-6,11-12H2,1-3H3,(H,21,25)(H,22,23,24). The summed E-state index contributed by atoms with van der Waals surface area (Å²) in [5, 5.41) is 10.8. The van der Waals surface area contributed by atoms with E-state index in [1.54, 1.807) is 0 Å². The number of carbonyl (C=O) groups is 1. The number of rotatable bonds is 7. The maximum atomic E-state index is 12.3. The van der Waals surface area contributed by atoms with Crippen molar-refractivity contribution in [1.82, 2.24) is 20.5 Å². The summed E-state index contributed by atoms with van der Waals surface area (Å²) in [6.45, 7) is 6.86. The van der Waals surface area contributed by atoms with Crippen LogP contribution in [-0.2, 0) is 11.4 Å². The van der Waals surface area contributed by atoms with Gasteiger partial charge in [0.1, 0.15) is 12.4 Å². The van der Waals surface area contributed by atoms with E-state index in [-0.39, 0.29) is 11.9 Å². The van der Waals surface area contributed by atoms with Crippen molar-refractivity contribution in [2.75, 3.05) is 5.75 Å². The van der Waals surface area contributed by atoms with Crippen LogP contribution in [0.5, 0.6) is 5.75 Å². The first-order valence-electron chi connectivity index (χ1n) is 9.54. The third-order valence-corrected chi connectivity index (χ3v) is 6.14. The molecular weight excluding hydrogens is 360 g/mol. The van der Waals surface area contributed by atoms with E-state index in [1.807, 2.05) is 31.2 Å². The SMILES string of the molecule is Cc1ccc(OCc2nc(SCC(=O)NC3CCCC(C)C3C)n[nH]2)cc1. The molecule has 1 heterocycles. The van der Waals surface area contributed by atoms with Gasteiger partial charge < -0.3 is 10.1 Å². The average molecular weight is 389 g/mol. The van der Waals surface area contributed by atoms with Crippen LogP contribution < -0.4 is 10.1 Å². The Kier molecular flexibility index (Phi) is 6.77. The zero-order valence-electron chi connectivity index (χ0n) is 16.2. The Hall–Kier alpha value is -2.02. The van der Waals surface area contributed by atoms with Gasteiger partial charge in [-0.05, 0) is 37.3 Å². The maximum absolute atomic E-state index is 12.3. The molecule has 0 saturated heterocycles. The monoisotopic (exact) mass is 388 g/mol. The summed E-state index contributed by atoms with van der Waals surface area (Å²) in [5.41, 5.74) is 1.19. The van der Waals surface area contributed by atoms with Gasteiger partial charge in [-0.15, -0.1) is 5.10 Å². The van der Waals surface area contributed by atoms with E-state index in [4.69, 9.17) is 4.74 Å². The molecule has 1 aliphatic carbocycles. The van der Waals surface area contributed by atoms with Crippen LogP contribution in [0, 0.1) is 18.8 Å². The summed E-state index contributed by atoms with van der Waals surface area (Å²) in [6.07, 6.45) is 3.52. The molecule has 2 aromatic rings. The molecular formula is C20H28N4O2S. The van der Waals surface area contributed by atoms with Gasteiger partial charge in [-0.2, -0.15) is 0 Å². The van der Waals surface area contributed by atoms with Gasteiger partial charge in [0.25, 0.3) is 0 Å². The van der Waals surface area contributed by atoms with Gasteiger partial charge in [-0.1, -0.05) is 56.1 Å². The molecule has 1 saturated carbocycles. The molecule has 27 heavy (non-hydrogen) atoms. The minimum Gasteiger partial charge on any atom is -0.486 e. The lowest BCUT2D eigenvalue weighted by Crippen LogP contribution is -2.44. The van der Waals surface area contributed by atoms with Crippen molar-refractivity contribution in [3.63, 3.8) is 0 Å². The fourth-order valence-corrected chi connectivity index (χ4v) is 3.99. The van der Waals surface area contributed by atoms with Gasteiger partial charge in [-0.3, -0.25) is 9.89 Å². The summed E-state index contributed by atoms with van der Waals surface area (Å²) in [6, 6.07) is 8.15. The first kappa shape index (κ1) is 19.7. The van der Waals surface area contributed by atoms with Gasteiger partial charge >= 0.3 is 0 Å². The maximum Gasteiger partial charge on any atom is 0.230 e. The number of ether oxygens (including phenoxy) is 1. The van der Waals surface area contributed by atoms with Crippen LogP contribution in [-0.4, -0.2) is 32.9 Å². The van der Waals surface area contributed by atoms with E-state index < -0.39 is 0 Å². The predicted molar refractivity (Wildman–Crippen MR) is 107 cm³/mol. The van der Waals surface area contributed by atoms with Crippen LogP contribution in [0.25, 0.3) is 0 Å². The van der Waals surface area contributed by atoms with Crippen molar-refractivity contribution in [2.24, 2.45) is 11.8 Å². The molecule has 3 rings (SSSR count). The molecule has 1 aromatic carbocycles. The van der Waals surface area contributed by atoms with E-state index >= 15 is 0 Å². The van der Waals surface area contributed by atoms with Crippen molar-refractivity contribution in [1.29, 1.82) is 0 Å². The van der Waals surface area contributed by atoms with Crippen molar-refractivity contribution in [3.8, 4) is 5.75 Å². The van der Waals surface area contributed by atoms with E-state index in [0.717, 1.165) is 12.2 Å². The lowest BCUT2D eigenvalue weighted by atomic mass is 9.78. The second-order valence-corrected chi connectivity index (χ2v) is 8.34. The van der Waals surface area contributed by atoms with E-state index in [2.05, 4.69) is 34.3 Å². The molecule has 3 unspecified atom stereocenters. The fraction of sp³-hybridized carbons (Fsp3) is 0.550. The summed E-state index contributed by atoms with van der Waals surface area (Å²) in [4.78, 5) is 16.6. The van der Waals surface area contributed by atoms with Gasteiger partial charge in [0.05, 0.1) is 5.75 Å². The minimum atomic E-state index is 0.0493. The number of thioether (sulfide) groups is 1. The molecule has 6 nitrogen and oxygen atoms in total. The Bertz CT molecular complexity index is 747. The number of aryl methyl sites for hydroxylation is 1. The van der Waals surface area contributed by atoms with Crippen LogP contribution in [0.2, 0.25) is 0 Å². The largest absolute Gasteiger partial charge is 0.486 e. The highest BCUT2D eigenvalue weighted by Gasteiger charge is 2.28. The number of benzene rings is 1. The predicted octanol–water partition coefficient (Wildman–Crippen LogP) is 3.73. The molecule has 0 radical (unpaired) electrons. The molecule has 7 heteroatoms. The first-order chi connectivity index (χ1) is 13.0. The lowest BCUT2D eigenvalue weighted by molar-refractivity contribution is -0.120. The third-order valence-electron chi connectivity index (χ3n) is 5.29. The fourth-order valence-electron chi connectivity index (χ4n) is 3.36. The van der Waals surface area contributed by atoms with E-state index in [1.165, 1.54) is 30.2 Å². The van der Waals surface area contributed by atoms with Crippen molar-refractivity contribution >= 4 is 17.7 Å². The van der Waals surface area contributed by atoms with Crippen LogP contribution in [0.4, 0.5) is 0 Å². The number of carbonyl (C=O) groups excluding carboxylic acids is 1. The van der Waals surface area contributed by atoms with Crippen molar-refractivity contribution in [3.05, 3.63) is 35.7 Å². The van der Waals surface area contributed by atoms with Crippen LogP contribution in [0.3, 0.4) is 0 Å². The molecule has 1 fully saturated rings. The van der Waals surface area contributed by atoms with Crippen molar-refractivity contribution < 1.29 is 9.53 Å². The molecule has 1 aromatic heterocycles. The Morgan fingerprint density at radius 3 is 2.85 bits per heavy atom. The molecule has 0 spiro atoms. The molecule has 3 atom stereocenters. The Balaban J connectivity index is 1.42. The third kappa shape index (κ3) is 5.73. The van der Waals surface area contributed by atoms with Crippen molar-refractivity contribution in [2.45, 2.75) is 57.8 Å². The topological polar surface area (TPSA) is 79.9 Å². The molecule has 2 N–H and O–H groups in total. The summed E-state index contributed by atoms with van der Waals surface area (Å²) in [7, 11) is 0. The quantitative estimate of drug-likeness (QED) is 0.707. The van der Waals surface area contributed by atoms with E-state index in [0.29, 0.717) is 35.2 Å². The summed E-state index contributed by atoms with van der Waals surface area (Å²) in [5.74, 6) is 3.01. The van der Waals surface area contributed by atoms with E-state index in [9.17, 15) is 4.79 Å². The molecule has 0 bridgehead atoms. The Morgan fingerprint density at radius 2 is 2.07 bits per heavy atom. The number of aromatic amines is 1. The minimum absolute atomic E-state index is 0.0493. The summed E-state index contributed by atoms with van der Waals surface area (Å²) < 4.78 is 5.69. The molecule has 146 valence electrons. The zero-order valence-corrected chi connectivity index (χ0v) is 17.0. The zero-order chi connectivity index (χ0) is 19.2. The molecule has 0 aliphatic heterocycles. The first-order valence-corrected chi connectivity index (χ1v) is 10.5. The highest BCUT2D eigenvalue weighted by Crippen LogP contribution is 2.29. The van der Waals surface area contributed by atoms with Crippen LogP contribution in [0.15, 0.2) is 29.4 Å². The number of H-pyrrole nitrogens is 1. The number of amides is 1. The van der Waals surface area contributed by atoms with Crippen LogP contribution >= 0.6 is 11.8 Å². The number of aromatic nitrogens is 3. The van der Waals surface area contributed by atoms with Gasteiger partial charge in [0, 0.05) is 6.04 Å². The number of nitrogens with one attached hydrogen (secondary N) is 2. The van der Waals surface area contributed by atoms with Gasteiger partial charge in [0.2, 0.25) is 11.1 Å². The van der Waals surface area contributed by atoms with Crippen LogP contribution in [0.1, 0.15) is 44.5 Å². The highest BCUT2D eigenvalue weighted by atomic mass is 32.2. The Labute approximate surface area is 164 Å². The number of hydrogen-bond donors (Lipinski definition) is 2. The van der Waals surface area contributed by atoms with Gasteiger partial charge in [0.15, 0.2) is 5.82 Å². The second-order valence-electron chi connectivity index (χ2n) is 7.40.